The van der Waals surface area contributed by atoms with E-state index in [1.54, 1.807) is 4.90 Å². The van der Waals surface area contributed by atoms with E-state index in [4.69, 9.17) is 5.11 Å². The number of benzene rings is 1. The van der Waals surface area contributed by atoms with Gasteiger partial charge in [0.2, 0.25) is 0 Å². The Labute approximate surface area is 121 Å². The van der Waals surface area contributed by atoms with Crippen molar-refractivity contribution >= 4 is 11.6 Å². The molecule has 0 aliphatic heterocycles. The van der Waals surface area contributed by atoms with Gasteiger partial charge < -0.3 is 15.3 Å². The van der Waals surface area contributed by atoms with Crippen molar-refractivity contribution in [3.63, 3.8) is 0 Å². The summed E-state index contributed by atoms with van der Waals surface area (Å²) in [5.74, 6) is -0.0285. The van der Waals surface area contributed by atoms with Gasteiger partial charge in [-0.15, -0.1) is 0 Å². The smallest absolute Gasteiger partial charge is 0.254 e. The molecule has 1 aromatic carbocycles. The lowest BCUT2D eigenvalue weighted by atomic mass is 10.1. The normalized spacial score (nSPS) is 10.7. The van der Waals surface area contributed by atoms with Gasteiger partial charge in [0.1, 0.15) is 0 Å². The summed E-state index contributed by atoms with van der Waals surface area (Å²) >= 11 is 0. The fourth-order valence-electron chi connectivity index (χ4n) is 2.12. The van der Waals surface area contributed by atoms with Crippen LogP contribution >= 0.6 is 0 Å². The van der Waals surface area contributed by atoms with Crippen molar-refractivity contribution in [1.29, 1.82) is 0 Å². The summed E-state index contributed by atoms with van der Waals surface area (Å²) in [6, 6.07) is 5.79. The minimum atomic E-state index is -0.0285. The molecule has 2 N–H and O–H groups in total. The van der Waals surface area contributed by atoms with E-state index >= 15 is 0 Å². The van der Waals surface area contributed by atoms with E-state index in [0.29, 0.717) is 12.1 Å². The van der Waals surface area contributed by atoms with Crippen LogP contribution in [0.2, 0.25) is 0 Å². The SMILES string of the molecule is CCCNc1ccc(C(=O)N(CCO)C(C)C)cc1C. The second-order valence-electron chi connectivity index (χ2n) is 5.27. The summed E-state index contributed by atoms with van der Waals surface area (Å²) in [6.45, 7) is 9.31. The Balaban J connectivity index is 2.90. The molecule has 0 radical (unpaired) electrons. The Morgan fingerprint density at radius 2 is 2.10 bits per heavy atom. The highest BCUT2D eigenvalue weighted by molar-refractivity contribution is 5.95. The molecule has 0 heterocycles. The maximum absolute atomic E-state index is 12.4. The molecule has 1 aromatic rings. The highest BCUT2D eigenvalue weighted by atomic mass is 16.3. The molecule has 0 unspecified atom stereocenters. The summed E-state index contributed by atoms with van der Waals surface area (Å²) in [4.78, 5) is 14.1. The number of hydrogen-bond donors (Lipinski definition) is 2. The largest absolute Gasteiger partial charge is 0.395 e. The molecule has 0 bridgehead atoms. The number of amides is 1. The predicted molar refractivity (Wildman–Crippen MR) is 83.2 cm³/mol. The van der Waals surface area contributed by atoms with Crippen molar-refractivity contribution in [1.82, 2.24) is 4.90 Å². The lowest BCUT2D eigenvalue weighted by Gasteiger charge is -2.26. The molecule has 4 heteroatoms. The number of carbonyl (C=O) groups excluding carboxylic acids is 1. The first-order valence-corrected chi connectivity index (χ1v) is 7.27. The van der Waals surface area contributed by atoms with Crippen molar-refractivity contribution in [3.05, 3.63) is 29.3 Å². The molecule has 20 heavy (non-hydrogen) atoms. The third kappa shape index (κ3) is 4.23. The van der Waals surface area contributed by atoms with Crippen LogP contribution in [0.1, 0.15) is 43.1 Å². The van der Waals surface area contributed by atoms with Crippen LogP contribution in [0.4, 0.5) is 5.69 Å². The molecule has 0 saturated carbocycles. The molecule has 1 amide bonds. The van der Waals surface area contributed by atoms with Gasteiger partial charge in [-0.1, -0.05) is 6.92 Å². The van der Waals surface area contributed by atoms with Crippen LogP contribution in [0.5, 0.6) is 0 Å². The summed E-state index contributed by atoms with van der Waals surface area (Å²) in [7, 11) is 0. The second kappa shape index (κ2) is 7.90. The lowest BCUT2D eigenvalue weighted by Crippen LogP contribution is -2.39. The summed E-state index contributed by atoms with van der Waals surface area (Å²) in [6.07, 6.45) is 1.07. The van der Waals surface area contributed by atoms with E-state index in [0.717, 1.165) is 24.2 Å². The average molecular weight is 278 g/mol. The first kappa shape index (κ1) is 16.5. The number of nitrogens with zero attached hydrogens (tertiary/aromatic N) is 1. The van der Waals surface area contributed by atoms with E-state index < -0.39 is 0 Å². The van der Waals surface area contributed by atoms with Crippen molar-refractivity contribution < 1.29 is 9.90 Å². The average Bonchev–Trinajstić information content (AvgIpc) is 2.42. The fraction of sp³-hybridized carbons (Fsp3) is 0.562. The lowest BCUT2D eigenvalue weighted by molar-refractivity contribution is 0.0665. The van der Waals surface area contributed by atoms with E-state index in [2.05, 4.69) is 12.2 Å². The number of aliphatic hydroxyl groups excluding tert-OH is 1. The van der Waals surface area contributed by atoms with Gasteiger partial charge in [-0.05, 0) is 51.0 Å². The monoisotopic (exact) mass is 278 g/mol. The number of aryl methyl sites for hydroxylation is 1. The molecule has 0 atom stereocenters. The van der Waals surface area contributed by atoms with Gasteiger partial charge in [0.05, 0.1) is 6.61 Å². The molecule has 1 rings (SSSR count). The number of aliphatic hydroxyl groups is 1. The first-order valence-electron chi connectivity index (χ1n) is 7.27. The second-order valence-corrected chi connectivity index (χ2v) is 5.27. The van der Waals surface area contributed by atoms with E-state index in [1.165, 1.54) is 0 Å². The number of nitrogens with one attached hydrogen (secondary N) is 1. The summed E-state index contributed by atoms with van der Waals surface area (Å²) in [5.41, 5.74) is 2.81. The van der Waals surface area contributed by atoms with Gasteiger partial charge in [0, 0.05) is 30.4 Å². The van der Waals surface area contributed by atoms with Gasteiger partial charge in [-0.3, -0.25) is 4.79 Å². The maximum Gasteiger partial charge on any atom is 0.254 e. The molecule has 0 spiro atoms. The highest BCUT2D eigenvalue weighted by Crippen LogP contribution is 2.18. The van der Waals surface area contributed by atoms with Crippen molar-refractivity contribution in [2.45, 2.75) is 40.2 Å². The van der Waals surface area contributed by atoms with E-state index in [9.17, 15) is 4.79 Å². The molecule has 0 aliphatic rings. The summed E-state index contributed by atoms with van der Waals surface area (Å²) in [5, 5.41) is 12.4. The molecule has 112 valence electrons. The molecular weight excluding hydrogens is 252 g/mol. The molecule has 0 fully saturated rings. The Morgan fingerprint density at radius 1 is 1.40 bits per heavy atom. The van der Waals surface area contributed by atoms with Gasteiger partial charge in [0.25, 0.3) is 5.91 Å². The molecule has 4 nitrogen and oxygen atoms in total. The molecule has 0 aliphatic carbocycles. The van der Waals surface area contributed by atoms with E-state index in [-0.39, 0.29) is 18.6 Å². The zero-order valence-electron chi connectivity index (χ0n) is 12.9. The molecular formula is C16H26N2O2. The third-order valence-electron chi connectivity index (χ3n) is 3.26. The minimum absolute atomic E-state index is 0.0148. The zero-order chi connectivity index (χ0) is 15.1. The van der Waals surface area contributed by atoms with Crippen molar-refractivity contribution in [3.8, 4) is 0 Å². The highest BCUT2D eigenvalue weighted by Gasteiger charge is 2.18. The number of carbonyl (C=O) groups is 1. The number of hydrogen-bond acceptors (Lipinski definition) is 3. The van der Waals surface area contributed by atoms with Crippen LogP contribution in [0.25, 0.3) is 0 Å². The molecule has 0 saturated heterocycles. The maximum atomic E-state index is 12.4. The fourth-order valence-corrected chi connectivity index (χ4v) is 2.12. The zero-order valence-corrected chi connectivity index (χ0v) is 12.9. The first-order chi connectivity index (χ1) is 9.51. The number of rotatable bonds is 7. The Morgan fingerprint density at radius 3 is 2.60 bits per heavy atom. The van der Waals surface area contributed by atoms with Gasteiger partial charge in [-0.25, -0.2) is 0 Å². The third-order valence-corrected chi connectivity index (χ3v) is 3.26. The standard InChI is InChI=1S/C16H26N2O2/c1-5-8-17-15-7-6-14(11-13(15)4)16(20)18(9-10-19)12(2)3/h6-7,11-12,17,19H,5,8-10H2,1-4H3. The topological polar surface area (TPSA) is 52.6 Å². The molecule has 0 aromatic heterocycles. The minimum Gasteiger partial charge on any atom is -0.395 e. The van der Waals surface area contributed by atoms with Crippen LogP contribution in [-0.2, 0) is 0 Å². The number of anilines is 1. The Bertz CT molecular complexity index is 444. The van der Waals surface area contributed by atoms with Crippen molar-refractivity contribution in [2.75, 3.05) is 25.0 Å². The van der Waals surface area contributed by atoms with Gasteiger partial charge in [-0.2, -0.15) is 0 Å². The van der Waals surface area contributed by atoms with Crippen LogP contribution in [-0.4, -0.2) is 41.7 Å². The van der Waals surface area contributed by atoms with E-state index in [1.807, 2.05) is 39.0 Å². The summed E-state index contributed by atoms with van der Waals surface area (Å²) < 4.78 is 0. The van der Waals surface area contributed by atoms with Gasteiger partial charge in [0.15, 0.2) is 0 Å². The van der Waals surface area contributed by atoms with Crippen LogP contribution in [0.3, 0.4) is 0 Å². The Kier molecular flexibility index (Phi) is 6.52. The van der Waals surface area contributed by atoms with Crippen LogP contribution in [0, 0.1) is 6.92 Å². The van der Waals surface area contributed by atoms with Crippen LogP contribution < -0.4 is 5.32 Å². The van der Waals surface area contributed by atoms with Crippen LogP contribution in [0.15, 0.2) is 18.2 Å². The Hall–Kier alpha value is -1.55. The predicted octanol–water partition coefficient (Wildman–Crippen LogP) is 2.66. The van der Waals surface area contributed by atoms with Gasteiger partial charge >= 0.3 is 0 Å². The van der Waals surface area contributed by atoms with Crippen molar-refractivity contribution in [2.24, 2.45) is 0 Å². The quantitative estimate of drug-likeness (QED) is 0.806.